The molecule has 258 valence electrons. The summed E-state index contributed by atoms with van der Waals surface area (Å²) in [5.41, 5.74) is 12.2. The Morgan fingerprint density at radius 3 is 1.67 bits per heavy atom. The summed E-state index contributed by atoms with van der Waals surface area (Å²) in [5.74, 6) is 0. The van der Waals surface area contributed by atoms with Crippen LogP contribution < -0.4 is 4.90 Å². The Kier molecular flexibility index (Phi) is 7.39. The maximum Gasteiger partial charge on any atom is 0.137 e. The van der Waals surface area contributed by atoms with Crippen LogP contribution in [0.15, 0.2) is 205 Å². The summed E-state index contributed by atoms with van der Waals surface area (Å²) < 4.78 is 9.02. The van der Waals surface area contributed by atoms with E-state index in [9.17, 15) is 0 Å². The first kappa shape index (κ1) is 31.6. The number of hydrogen-bond donors (Lipinski definition) is 0. The summed E-state index contributed by atoms with van der Waals surface area (Å²) >= 11 is 1.85. The first-order valence-electron chi connectivity index (χ1n) is 18.6. The molecule has 0 atom stereocenters. The van der Waals surface area contributed by atoms with E-state index in [0.717, 1.165) is 39.0 Å². The minimum Gasteiger partial charge on any atom is -0.456 e. The molecule has 0 fully saturated rings. The molecule has 11 aromatic rings. The van der Waals surface area contributed by atoms with Crippen LogP contribution in [0.3, 0.4) is 0 Å². The smallest absolute Gasteiger partial charge is 0.137 e. The average Bonchev–Trinajstić information content (AvgIpc) is 3.82. The second kappa shape index (κ2) is 12.9. The molecule has 3 heteroatoms. The molecule has 2 nitrogen and oxygen atoms in total. The highest BCUT2D eigenvalue weighted by Gasteiger charge is 2.17. The molecule has 2 heterocycles. The first-order valence-corrected chi connectivity index (χ1v) is 19.5. The minimum absolute atomic E-state index is 0.874. The minimum atomic E-state index is 0.874. The lowest BCUT2D eigenvalue weighted by atomic mass is 9.97. The molecule has 11 rings (SSSR count). The molecule has 0 aliphatic carbocycles. The topological polar surface area (TPSA) is 16.4 Å². The summed E-state index contributed by atoms with van der Waals surface area (Å²) in [4.78, 5) is 2.32. The maximum absolute atomic E-state index is 6.37. The van der Waals surface area contributed by atoms with Crippen molar-refractivity contribution >= 4 is 81.3 Å². The van der Waals surface area contributed by atoms with Crippen molar-refractivity contribution in [1.29, 1.82) is 0 Å². The first-order chi connectivity index (χ1) is 27.2. The quantitative estimate of drug-likeness (QED) is 0.170. The van der Waals surface area contributed by atoms with Crippen molar-refractivity contribution in [2.24, 2.45) is 0 Å². The summed E-state index contributed by atoms with van der Waals surface area (Å²) in [7, 11) is 0. The molecule has 9 aromatic carbocycles. The van der Waals surface area contributed by atoms with Crippen molar-refractivity contribution in [3.8, 4) is 33.4 Å². The zero-order valence-corrected chi connectivity index (χ0v) is 30.6. The highest BCUT2D eigenvalue weighted by Crippen LogP contribution is 2.41. The number of anilines is 3. The van der Waals surface area contributed by atoms with Crippen LogP contribution in [0.25, 0.3) is 86.3 Å². The van der Waals surface area contributed by atoms with Crippen molar-refractivity contribution in [2.75, 3.05) is 4.90 Å². The number of benzene rings is 9. The Morgan fingerprint density at radius 2 is 0.873 bits per heavy atom. The third kappa shape index (κ3) is 5.56. The molecule has 0 radical (unpaired) electrons. The van der Waals surface area contributed by atoms with Gasteiger partial charge in [0.1, 0.15) is 11.2 Å². The van der Waals surface area contributed by atoms with Gasteiger partial charge < -0.3 is 9.32 Å². The van der Waals surface area contributed by atoms with E-state index in [0.29, 0.717) is 0 Å². The fourth-order valence-corrected chi connectivity index (χ4v) is 9.15. The van der Waals surface area contributed by atoms with Gasteiger partial charge >= 0.3 is 0 Å². The summed E-state index contributed by atoms with van der Waals surface area (Å²) in [5, 5.41) is 7.38. The lowest BCUT2D eigenvalue weighted by Crippen LogP contribution is -2.09. The van der Waals surface area contributed by atoms with Gasteiger partial charge in [0.05, 0.1) is 0 Å². The van der Waals surface area contributed by atoms with Crippen molar-refractivity contribution in [1.82, 2.24) is 0 Å². The lowest BCUT2D eigenvalue weighted by Gasteiger charge is -2.26. The summed E-state index contributed by atoms with van der Waals surface area (Å²) in [6.07, 6.45) is 0. The van der Waals surface area contributed by atoms with Crippen molar-refractivity contribution in [3.63, 3.8) is 0 Å². The molecule has 0 amide bonds. The normalized spacial score (nSPS) is 11.6. The fourth-order valence-electron chi connectivity index (χ4n) is 8.06. The SMILES string of the molecule is c1cc(-c2ccc(N(c3ccc(-c4ccc5sc6ccccc6c5c4)cc3)c3ccc4c(c3)oc3ccccc34)cc2)cc(-c2ccc3ccccc3c2)c1. The highest BCUT2D eigenvalue weighted by atomic mass is 32.1. The molecule has 0 unspecified atom stereocenters. The molecule has 0 saturated carbocycles. The van der Waals surface area contributed by atoms with Crippen LogP contribution in [0.5, 0.6) is 0 Å². The van der Waals surface area contributed by atoms with E-state index >= 15 is 0 Å². The van der Waals surface area contributed by atoms with Gasteiger partial charge in [-0.2, -0.15) is 0 Å². The van der Waals surface area contributed by atoms with E-state index in [4.69, 9.17) is 4.42 Å². The summed E-state index contributed by atoms with van der Waals surface area (Å²) in [6, 6.07) is 72.3. The second-order valence-electron chi connectivity index (χ2n) is 14.2. The van der Waals surface area contributed by atoms with Gasteiger partial charge in [-0.05, 0) is 117 Å². The van der Waals surface area contributed by atoms with Crippen LogP contribution in [-0.4, -0.2) is 0 Å². The fraction of sp³-hybridized carbons (Fsp3) is 0. The van der Waals surface area contributed by atoms with Gasteiger partial charge in [-0.25, -0.2) is 0 Å². The maximum atomic E-state index is 6.37. The van der Waals surface area contributed by atoms with E-state index in [1.165, 1.54) is 64.3 Å². The monoisotopic (exact) mass is 719 g/mol. The van der Waals surface area contributed by atoms with Crippen LogP contribution in [0.4, 0.5) is 17.1 Å². The standard InChI is InChI=1S/C52H33NOS/c1-2-9-37-31-40(17-16-34(37)8-1)39-11-7-10-38(30-39)35-18-23-42(24-19-35)53(44-27-28-46-45-12-3-5-14-49(45)54-50(46)33-44)43-25-20-36(21-26-43)41-22-29-52-48(32-41)47-13-4-6-15-51(47)55-52/h1-33H. The average molecular weight is 720 g/mol. The number of furan rings is 1. The second-order valence-corrected chi connectivity index (χ2v) is 15.2. The molecule has 0 spiro atoms. The third-order valence-electron chi connectivity index (χ3n) is 10.9. The zero-order chi connectivity index (χ0) is 36.3. The predicted molar refractivity (Wildman–Crippen MR) is 235 cm³/mol. The number of hydrogen-bond acceptors (Lipinski definition) is 3. The Labute approximate surface area is 322 Å². The molecule has 0 aliphatic heterocycles. The van der Waals surface area contributed by atoms with Crippen LogP contribution in [0, 0.1) is 0 Å². The molecule has 0 saturated heterocycles. The van der Waals surface area contributed by atoms with Gasteiger partial charge in [-0.15, -0.1) is 11.3 Å². The largest absolute Gasteiger partial charge is 0.456 e. The van der Waals surface area contributed by atoms with Gasteiger partial charge in [0, 0.05) is 54.1 Å². The van der Waals surface area contributed by atoms with Crippen molar-refractivity contribution in [2.45, 2.75) is 0 Å². The Hall–Kier alpha value is -6.94. The Bertz CT molecular complexity index is 3210. The van der Waals surface area contributed by atoms with Gasteiger partial charge in [0.15, 0.2) is 0 Å². The van der Waals surface area contributed by atoms with Crippen molar-refractivity contribution in [3.05, 3.63) is 200 Å². The van der Waals surface area contributed by atoms with E-state index in [1.807, 2.05) is 23.5 Å². The molecule has 0 bridgehead atoms. The number of fused-ring (bicyclic) bond motifs is 7. The Morgan fingerprint density at radius 1 is 0.309 bits per heavy atom. The zero-order valence-electron chi connectivity index (χ0n) is 29.8. The van der Waals surface area contributed by atoms with E-state index in [2.05, 4.69) is 193 Å². The van der Waals surface area contributed by atoms with E-state index < -0.39 is 0 Å². The summed E-state index contributed by atoms with van der Waals surface area (Å²) in [6.45, 7) is 0. The third-order valence-corrected chi connectivity index (χ3v) is 12.0. The molecule has 2 aromatic heterocycles. The highest BCUT2D eigenvalue weighted by molar-refractivity contribution is 7.25. The van der Waals surface area contributed by atoms with E-state index in [-0.39, 0.29) is 0 Å². The van der Waals surface area contributed by atoms with Gasteiger partial charge in [-0.1, -0.05) is 121 Å². The number of rotatable bonds is 6. The molecular weight excluding hydrogens is 687 g/mol. The molecular formula is C52H33NOS. The van der Waals surface area contributed by atoms with Crippen LogP contribution >= 0.6 is 11.3 Å². The van der Waals surface area contributed by atoms with Crippen LogP contribution in [0.2, 0.25) is 0 Å². The van der Waals surface area contributed by atoms with Crippen LogP contribution in [-0.2, 0) is 0 Å². The van der Waals surface area contributed by atoms with Gasteiger partial charge in [0.2, 0.25) is 0 Å². The number of thiophene rings is 1. The lowest BCUT2D eigenvalue weighted by molar-refractivity contribution is 0.669. The Balaban J connectivity index is 0.974. The number of nitrogens with zero attached hydrogens (tertiary/aromatic N) is 1. The molecule has 55 heavy (non-hydrogen) atoms. The molecule has 0 aliphatic rings. The van der Waals surface area contributed by atoms with Crippen molar-refractivity contribution < 1.29 is 4.42 Å². The van der Waals surface area contributed by atoms with Gasteiger partial charge in [0.25, 0.3) is 0 Å². The van der Waals surface area contributed by atoms with Gasteiger partial charge in [-0.3, -0.25) is 0 Å². The van der Waals surface area contributed by atoms with E-state index in [1.54, 1.807) is 0 Å². The predicted octanol–water partition coefficient (Wildman–Crippen LogP) is 15.6. The molecule has 0 N–H and O–H groups in total. The van der Waals surface area contributed by atoms with Crippen LogP contribution in [0.1, 0.15) is 0 Å². The number of para-hydroxylation sites is 1.